The molecule has 2 aromatic carbocycles. The predicted molar refractivity (Wildman–Crippen MR) is 100 cm³/mol. The van der Waals surface area contributed by atoms with Gasteiger partial charge in [0.05, 0.1) is 18.8 Å². The van der Waals surface area contributed by atoms with E-state index in [2.05, 4.69) is 18.7 Å². The number of fused-ring (bicyclic) bond motifs is 3. The summed E-state index contributed by atoms with van der Waals surface area (Å²) in [7, 11) is 3.41. The summed E-state index contributed by atoms with van der Waals surface area (Å²) in [5.41, 5.74) is 4.21. The zero-order chi connectivity index (χ0) is 18.3. The third-order valence-electron chi connectivity index (χ3n) is 5.24. The molecule has 0 amide bonds. The SMILES string of the molecule is C=C(C)[C@@H]1Cc2c(cc(OC)c3c2O[C@H](c2ccccc2)C[C@H]3OC)O1. The molecule has 3 atom stereocenters. The second-order valence-electron chi connectivity index (χ2n) is 6.93. The first-order chi connectivity index (χ1) is 12.6. The minimum Gasteiger partial charge on any atom is -0.496 e. The fourth-order valence-corrected chi connectivity index (χ4v) is 3.82. The maximum absolute atomic E-state index is 6.49. The Morgan fingerprint density at radius 1 is 1.15 bits per heavy atom. The van der Waals surface area contributed by atoms with Crippen LogP contribution in [0.3, 0.4) is 0 Å². The van der Waals surface area contributed by atoms with E-state index in [1.165, 1.54) is 0 Å². The molecule has 0 spiro atoms. The van der Waals surface area contributed by atoms with Gasteiger partial charge in [-0.15, -0.1) is 0 Å². The van der Waals surface area contributed by atoms with Crippen LogP contribution in [0.2, 0.25) is 0 Å². The van der Waals surface area contributed by atoms with Gasteiger partial charge in [0.15, 0.2) is 0 Å². The van der Waals surface area contributed by atoms with Crippen LogP contribution in [0, 0.1) is 0 Å². The van der Waals surface area contributed by atoms with Crippen molar-refractivity contribution in [3.63, 3.8) is 0 Å². The molecule has 2 aliphatic heterocycles. The molecule has 0 radical (unpaired) electrons. The van der Waals surface area contributed by atoms with Gasteiger partial charge in [0.2, 0.25) is 0 Å². The van der Waals surface area contributed by atoms with Crippen LogP contribution in [0.4, 0.5) is 0 Å². The standard InChI is InChI=1S/C22H24O4/c1-13(2)16-10-15-18(25-16)12-20(24-4)21-19(23-3)11-17(26-22(15)21)14-8-6-5-7-9-14/h5-9,12,16-17,19H,1,10-11H2,2-4H3/t16-,17-,19+/m0/s1. The number of rotatable bonds is 4. The van der Waals surface area contributed by atoms with E-state index in [0.29, 0.717) is 0 Å². The smallest absolute Gasteiger partial charge is 0.136 e. The highest BCUT2D eigenvalue weighted by Crippen LogP contribution is 2.53. The first-order valence-corrected chi connectivity index (χ1v) is 8.92. The van der Waals surface area contributed by atoms with Crippen LogP contribution >= 0.6 is 0 Å². The van der Waals surface area contributed by atoms with Crippen LogP contribution < -0.4 is 14.2 Å². The molecule has 0 aromatic heterocycles. The summed E-state index contributed by atoms with van der Waals surface area (Å²) in [5.74, 6) is 2.41. The highest BCUT2D eigenvalue weighted by Gasteiger charge is 2.38. The zero-order valence-electron chi connectivity index (χ0n) is 15.5. The number of hydrogen-bond acceptors (Lipinski definition) is 4. The summed E-state index contributed by atoms with van der Waals surface area (Å²) in [6, 6.07) is 12.2. The topological polar surface area (TPSA) is 36.9 Å². The summed E-state index contributed by atoms with van der Waals surface area (Å²) in [4.78, 5) is 0. The molecule has 0 fully saturated rings. The minimum atomic E-state index is -0.0897. The first kappa shape index (κ1) is 17.0. The lowest BCUT2D eigenvalue weighted by molar-refractivity contribution is 0.0276. The Bertz CT molecular complexity index is 828. The average molecular weight is 352 g/mol. The molecule has 0 unspecified atom stereocenters. The van der Waals surface area contributed by atoms with Gasteiger partial charge in [0, 0.05) is 31.6 Å². The fourth-order valence-electron chi connectivity index (χ4n) is 3.82. The summed E-state index contributed by atoms with van der Waals surface area (Å²) < 4.78 is 24.1. The van der Waals surface area contributed by atoms with Crippen molar-refractivity contribution in [3.05, 3.63) is 65.2 Å². The molecule has 0 bridgehead atoms. The molecule has 2 aromatic rings. The third kappa shape index (κ3) is 2.74. The predicted octanol–water partition coefficient (Wildman–Crippen LogP) is 4.79. The monoisotopic (exact) mass is 352 g/mol. The highest BCUT2D eigenvalue weighted by atomic mass is 16.5. The Balaban J connectivity index is 1.82. The Kier molecular flexibility index (Phi) is 4.37. The van der Waals surface area contributed by atoms with Crippen molar-refractivity contribution in [1.82, 2.24) is 0 Å². The lowest BCUT2D eigenvalue weighted by Gasteiger charge is -2.33. The van der Waals surface area contributed by atoms with Crippen molar-refractivity contribution in [3.8, 4) is 17.2 Å². The van der Waals surface area contributed by atoms with Gasteiger partial charge in [-0.1, -0.05) is 36.9 Å². The van der Waals surface area contributed by atoms with E-state index in [-0.39, 0.29) is 18.3 Å². The quantitative estimate of drug-likeness (QED) is 0.742. The molecule has 0 N–H and O–H groups in total. The van der Waals surface area contributed by atoms with Gasteiger partial charge in [0.25, 0.3) is 0 Å². The van der Waals surface area contributed by atoms with Crippen LogP contribution in [-0.4, -0.2) is 20.3 Å². The van der Waals surface area contributed by atoms with Crippen molar-refractivity contribution in [2.45, 2.75) is 38.1 Å². The normalized spacial score (nSPS) is 23.4. The lowest BCUT2D eigenvalue weighted by atomic mass is 9.91. The minimum absolute atomic E-state index is 0.0251. The maximum atomic E-state index is 6.49. The molecule has 2 heterocycles. The van der Waals surface area contributed by atoms with E-state index in [4.69, 9.17) is 18.9 Å². The molecule has 136 valence electrons. The molecule has 26 heavy (non-hydrogen) atoms. The van der Waals surface area contributed by atoms with E-state index < -0.39 is 0 Å². The Labute approximate surface area is 154 Å². The van der Waals surface area contributed by atoms with Crippen molar-refractivity contribution in [1.29, 1.82) is 0 Å². The summed E-state index contributed by atoms with van der Waals surface area (Å²) in [6.45, 7) is 6.04. The van der Waals surface area contributed by atoms with Gasteiger partial charge in [-0.2, -0.15) is 0 Å². The van der Waals surface area contributed by atoms with Crippen LogP contribution in [0.5, 0.6) is 17.2 Å². The number of benzene rings is 2. The van der Waals surface area contributed by atoms with Gasteiger partial charge in [0.1, 0.15) is 29.5 Å². The number of hydrogen-bond donors (Lipinski definition) is 0. The molecule has 2 aliphatic rings. The molecular weight excluding hydrogens is 328 g/mol. The number of methoxy groups -OCH3 is 2. The van der Waals surface area contributed by atoms with Gasteiger partial charge in [-0.3, -0.25) is 0 Å². The van der Waals surface area contributed by atoms with Crippen LogP contribution in [0.1, 0.15) is 42.2 Å². The van der Waals surface area contributed by atoms with Crippen LogP contribution in [0.15, 0.2) is 48.6 Å². The molecule has 4 nitrogen and oxygen atoms in total. The summed E-state index contributed by atoms with van der Waals surface area (Å²) in [5, 5.41) is 0. The Morgan fingerprint density at radius 3 is 2.58 bits per heavy atom. The van der Waals surface area contributed by atoms with E-state index in [1.807, 2.05) is 31.2 Å². The van der Waals surface area contributed by atoms with Crippen molar-refractivity contribution < 1.29 is 18.9 Å². The van der Waals surface area contributed by atoms with Crippen LogP contribution in [-0.2, 0) is 11.2 Å². The van der Waals surface area contributed by atoms with E-state index >= 15 is 0 Å². The molecule has 4 rings (SSSR count). The highest BCUT2D eigenvalue weighted by molar-refractivity contribution is 5.61. The summed E-state index contributed by atoms with van der Waals surface area (Å²) >= 11 is 0. The fraction of sp³-hybridized carbons (Fsp3) is 0.364. The Morgan fingerprint density at radius 2 is 1.92 bits per heavy atom. The van der Waals surface area contributed by atoms with Crippen molar-refractivity contribution >= 4 is 0 Å². The maximum Gasteiger partial charge on any atom is 0.136 e. The van der Waals surface area contributed by atoms with Gasteiger partial charge < -0.3 is 18.9 Å². The van der Waals surface area contributed by atoms with Crippen molar-refractivity contribution in [2.75, 3.05) is 14.2 Å². The first-order valence-electron chi connectivity index (χ1n) is 8.92. The van der Waals surface area contributed by atoms with E-state index in [0.717, 1.165) is 52.4 Å². The van der Waals surface area contributed by atoms with Crippen molar-refractivity contribution in [2.24, 2.45) is 0 Å². The number of ether oxygens (including phenoxy) is 4. The van der Waals surface area contributed by atoms with Gasteiger partial charge in [-0.05, 0) is 18.1 Å². The van der Waals surface area contributed by atoms with Crippen LogP contribution in [0.25, 0.3) is 0 Å². The largest absolute Gasteiger partial charge is 0.496 e. The average Bonchev–Trinajstić information content (AvgIpc) is 3.11. The summed E-state index contributed by atoms with van der Waals surface area (Å²) in [6.07, 6.45) is 1.33. The molecule has 0 saturated heterocycles. The van der Waals surface area contributed by atoms with Gasteiger partial charge >= 0.3 is 0 Å². The third-order valence-corrected chi connectivity index (χ3v) is 5.24. The van der Waals surface area contributed by atoms with E-state index in [9.17, 15) is 0 Å². The molecule has 4 heteroatoms. The second kappa shape index (κ2) is 6.69. The molecule has 0 saturated carbocycles. The molecular formula is C22H24O4. The van der Waals surface area contributed by atoms with Gasteiger partial charge in [-0.25, -0.2) is 0 Å². The second-order valence-corrected chi connectivity index (χ2v) is 6.93. The lowest BCUT2D eigenvalue weighted by Crippen LogP contribution is -2.22. The molecule has 0 aliphatic carbocycles. The van der Waals surface area contributed by atoms with E-state index in [1.54, 1.807) is 14.2 Å². The zero-order valence-corrected chi connectivity index (χ0v) is 15.5. The Hall–Kier alpha value is -2.46.